The number of benzene rings is 1. The van der Waals surface area contributed by atoms with Crippen LogP contribution in [0.5, 0.6) is 5.75 Å². The molecule has 0 fully saturated rings. The van der Waals surface area contributed by atoms with Crippen LogP contribution in [0.3, 0.4) is 0 Å². The van der Waals surface area contributed by atoms with Gasteiger partial charge in [0.1, 0.15) is 5.75 Å². The van der Waals surface area contributed by atoms with Gasteiger partial charge >= 0.3 is 12.3 Å². The predicted molar refractivity (Wildman–Crippen MR) is 58.2 cm³/mol. The molecule has 6 heteroatoms. The molecule has 1 aromatic rings. The molecule has 1 rings (SSSR count). The highest BCUT2D eigenvalue weighted by Crippen LogP contribution is 2.23. The summed E-state index contributed by atoms with van der Waals surface area (Å²) in [7, 11) is 0. The molecule has 0 amide bonds. The molecule has 0 spiro atoms. The fraction of sp³-hybridized carbons (Fsp3) is 0.417. The van der Waals surface area contributed by atoms with Crippen LogP contribution < -0.4 is 4.74 Å². The fourth-order valence-corrected chi connectivity index (χ4v) is 1.60. The van der Waals surface area contributed by atoms with E-state index in [4.69, 9.17) is 5.11 Å². The molecule has 1 unspecified atom stereocenters. The lowest BCUT2D eigenvalue weighted by molar-refractivity contribution is -0.274. The number of carbonyl (C=O) groups is 1. The SMILES string of the molecule is CC(CC(=O)O)Cc1ccc(OC(F)(F)F)cc1. The summed E-state index contributed by atoms with van der Waals surface area (Å²) < 4.78 is 39.5. The molecular weight excluding hydrogens is 249 g/mol. The maximum absolute atomic E-state index is 11.9. The molecule has 0 aliphatic carbocycles. The molecule has 0 heterocycles. The van der Waals surface area contributed by atoms with Crippen LogP contribution in [0.15, 0.2) is 24.3 Å². The fourth-order valence-electron chi connectivity index (χ4n) is 1.60. The second-order valence-corrected chi connectivity index (χ2v) is 4.10. The highest BCUT2D eigenvalue weighted by molar-refractivity contribution is 5.67. The van der Waals surface area contributed by atoms with E-state index in [2.05, 4.69) is 4.74 Å². The summed E-state index contributed by atoms with van der Waals surface area (Å²) in [6.07, 6.45) is -4.17. The van der Waals surface area contributed by atoms with Gasteiger partial charge in [-0.05, 0) is 30.0 Å². The van der Waals surface area contributed by atoms with Gasteiger partial charge in [-0.1, -0.05) is 19.1 Å². The number of alkyl halides is 3. The van der Waals surface area contributed by atoms with E-state index in [-0.39, 0.29) is 18.1 Å². The van der Waals surface area contributed by atoms with Crippen molar-refractivity contribution in [3.63, 3.8) is 0 Å². The quantitative estimate of drug-likeness (QED) is 0.886. The van der Waals surface area contributed by atoms with Gasteiger partial charge in [-0.15, -0.1) is 13.2 Å². The molecule has 1 atom stereocenters. The Morgan fingerprint density at radius 3 is 2.33 bits per heavy atom. The standard InChI is InChI=1S/C12H13F3O3/c1-8(7-11(16)17)6-9-2-4-10(5-3-9)18-12(13,14)15/h2-5,8H,6-7H2,1H3,(H,16,17). The highest BCUT2D eigenvalue weighted by atomic mass is 19.4. The van der Waals surface area contributed by atoms with Crippen molar-refractivity contribution in [2.45, 2.75) is 26.1 Å². The van der Waals surface area contributed by atoms with E-state index in [0.29, 0.717) is 6.42 Å². The number of aliphatic carboxylic acids is 1. The monoisotopic (exact) mass is 262 g/mol. The van der Waals surface area contributed by atoms with Crippen molar-refractivity contribution in [1.82, 2.24) is 0 Å². The molecule has 0 saturated carbocycles. The van der Waals surface area contributed by atoms with Gasteiger partial charge in [0.05, 0.1) is 0 Å². The summed E-state index contributed by atoms with van der Waals surface area (Å²) in [6.45, 7) is 1.77. The number of ether oxygens (including phenoxy) is 1. The summed E-state index contributed by atoms with van der Waals surface area (Å²) in [5.41, 5.74) is 0.776. The predicted octanol–water partition coefficient (Wildman–Crippen LogP) is 3.24. The maximum Gasteiger partial charge on any atom is 0.573 e. The molecule has 0 radical (unpaired) electrons. The molecule has 0 aliphatic rings. The number of hydrogen-bond acceptors (Lipinski definition) is 2. The van der Waals surface area contributed by atoms with Gasteiger partial charge in [0.25, 0.3) is 0 Å². The second-order valence-electron chi connectivity index (χ2n) is 4.10. The van der Waals surface area contributed by atoms with Crippen LogP contribution in [0.1, 0.15) is 18.9 Å². The highest BCUT2D eigenvalue weighted by Gasteiger charge is 2.30. The summed E-state index contributed by atoms with van der Waals surface area (Å²) in [4.78, 5) is 10.5. The number of carboxylic acids is 1. The smallest absolute Gasteiger partial charge is 0.481 e. The Morgan fingerprint density at radius 1 is 1.33 bits per heavy atom. The molecule has 18 heavy (non-hydrogen) atoms. The van der Waals surface area contributed by atoms with E-state index >= 15 is 0 Å². The lowest BCUT2D eigenvalue weighted by Gasteiger charge is -2.11. The zero-order chi connectivity index (χ0) is 13.8. The van der Waals surface area contributed by atoms with E-state index in [0.717, 1.165) is 5.56 Å². The summed E-state index contributed by atoms with van der Waals surface area (Å²) >= 11 is 0. The summed E-state index contributed by atoms with van der Waals surface area (Å²) in [6, 6.07) is 5.44. The Hall–Kier alpha value is -1.72. The van der Waals surface area contributed by atoms with Crippen molar-refractivity contribution in [2.24, 2.45) is 5.92 Å². The Balaban J connectivity index is 2.57. The average Bonchev–Trinajstić information content (AvgIpc) is 2.17. The lowest BCUT2D eigenvalue weighted by atomic mass is 9.98. The van der Waals surface area contributed by atoms with Crippen LogP contribution in [0.4, 0.5) is 13.2 Å². The Labute approximate surface area is 102 Å². The third kappa shape index (κ3) is 5.56. The van der Waals surface area contributed by atoms with Crippen molar-refractivity contribution >= 4 is 5.97 Å². The van der Waals surface area contributed by atoms with Gasteiger partial charge in [0.15, 0.2) is 0 Å². The van der Waals surface area contributed by atoms with Gasteiger partial charge in [0, 0.05) is 6.42 Å². The van der Waals surface area contributed by atoms with E-state index in [1.807, 2.05) is 0 Å². The molecule has 0 bridgehead atoms. The first kappa shape index (κ1) is 14.3. The summed E-state index contributed by atoms with van der Waals surface area (Å²) in [5, 5.41) is 8.59. The minimum Gasteiger partial charge on any atom is -0.481 e. The molecule has 1 aromatic carbocycles. The average molecular weight is 262 g/mol. The van der Waals surface area contributed by atoms with Crippen LogP contribution in [0.2, 0.25) is 0 Å². The van der Waals surface area contributed by atoms with E-state index < -0.39 is 12.3 Å². The lowest BCUT2D eigenvalue weighted by Crippen LogP contribution is -2.17. The van der Waals surface area contributed by atoms with Crippen LogP contribution in [-0.4, -0.2) is 17.4 Å². The van der Waals surface area contributed by atoms with Crippen molar-refractivity contribution in [3.8, 4) is 5.75 Å². The first-order valence-corrected chi connectivity index (χ1v) is 5.33. The van der Waals surface area contributed by atoms with Gasteiger partial charge in [-0.2, -0.15) is 0 Å². The van der Waals surface area contributed by atoms with Crippen molar-refractivity contribution in [2.75, 3.05) is 0 Å². The van der Waals surface area contributed by atoms with Gasteiger partial charge in [-0.3, -0.25) is 4.79 Å². The van der Waals surface area contributed by atoms with E-state index in [9.17, 15) is 18.0 Å². The van der Waals surface area contributed by atoms with E-state index in [1.165, 1.54) is 24.3 Å². The van der Waals surface area contributed by atoms with Gasteiger partial charge < -0.3 is 9.84 Å². The van der Waals surface area contributed by atoms with Crippen LogP contribution in [-0.2, 0) is 11.2 Å². The van der Waals surface area contributed by atoms with Crippen molar-refractivity contribution in [3.05, 3.63) is 29.8 Å². The van der Waals surface area contributed by atoms with E-state index in [1.54, 1.807) is 6.92 Å². The molecule has 1 N–H and O–H groups in total. The van der Waals surface area contributed by atoms with Crippen LogP contribution in [0.25, 0.3) is 0 Å². The van der Waals surface area contributed by atoms with Crippen LogP contribution in [0, 0.1) is 5.92 Å². The second kappa shape index (κ2) is 5.75. The molecule has 3 nitrogen and oxygen atoms in total. The minimum atomic E-state index is -4.70. The van der Waals surface area contributed by atoms with Crippen molar-refractivity contribution < 1.29 is 27.8 Å². The van der Waals surface area contributed by atoms with Crippen LogP contribution >= 0.6 is 0 Å². The molecule has 0 aromatic heterocycles. The first-order chi connectivity index (χ1) is 8.26. The number of halogens is 3. The number of rotatable bonds is 5. The maximum atomic E-state index is 11.9. The third-order valence-corrected chi connectivity index (χ3v) is 2.26. The van der Waals surface area contributed by atoms with Crippen molar-refractivity contribution in [1.29, 1.82) is 0 Å². The largest absolute Gasteiger partial charge is 0.573 e. The molecule has 100 valence electrons. The Kier molecular flexibility index (Phi) is 4.58. The molecule has 0 aliphatic heterocycles. The normalized spacial score (nSPS) is 13.1. The zero-order valence-electron chi connectivity index (χ0n) is 9.70. The topological polar surface area (TPSA) is 46.5 Å². The Bertz CT molecular complexity index is 398. The van der Waals surface area contributed by atoms with Gasteiger partial charge in [0.2, 0.25) is 0 Å². The first-order valence-electron chi connectivity index (χ1n) is 5.33. The Morgan fingerprint density at radius 2 is 1.89 bits per heavy atom. The summed E-state index contributed by atoms with van der Waals surface area (Å²) in [5.74, 6) is -1.24. The number of hydrogen-bond donors (Lipinski definition) is 1. The molecular formula is C12H13F3O3. The molecule has 0 saturated heterocycles. The minimum absolute atomic E-state index is 0.0286. The number of carboxylic acid groups (broad SMARTS) is 1. The van der Waals surface area contributed by atoms with Gasteiger partial charge in [-0.25, -0.2) is 0 Å². The zero-order valence-corrected chi connectivity index (χ0v) is 9.70. The third-order valence-electron chi connectivity index (χ3n) is 2.26.